The molecule has 0 spiro atoms. The molecule has 10 heteroatoms. The van der Waals surface area contributed by atoms with E-state index in [1.165, 1.54) is 25.8 Å². The minimum absolute atomic E-state index is 0.333. The molecule has 0 atom stereocenters. The average molecular weight is 404 g/mol. The van der Waals surface area contributed by atoms with E-state index >= 15 is 0 Å². The number of fused-ring (bicyclic) bond motifs is 1. The van der Waals surface area contributed by atoms with Crippen molar-refractivity contribution in [3.05, 3.63) is 54.7 Å². The lowest BCUT2D eigenvalue weighted by molar-refractivity contribution is 0.262. The summed E-state index contributed by atoms with van der Waals surface area (Å²) in [7, 11) is 1.49. The first-order valence-corrected chi connectivity index (χ1v) is 9.24. The second kappa shape index (κ2) is 8.03. The minimum atomic E-state index is -0.426. The Morgan fingerprint density at radius 1 is 1.13 bits per heavy atom. The van der Waals surface area contributed by atoms with Gasteiger partial charge in [-0.1, -0.05) is 19.1 Å². The monoisotopic (exact) mass is 404 g/mol. The minimum Gasteiger partial charge on any atom is -0.481 e. The van der Waals surface area contributed by atoms with E-state index < -0.39 is 6.03 Å². The van der Waals surface area contributed by atoms with Gasteiger partial charge in [-0.05, 0) is 29.7 Å². The number of urea groups is 1. The molecule has 0 bridgehead atoms. The zero-order valence-corrected chi connectivity index (χ0v) is 16.5. The fraction of sp³-hybridized carbons (Fsp3) is 0.150. The molecular weight excluding hydrogens is 384 g/mol. The second-order valence-electron chi connectivity index (χ2n) is 6.42. The van der Waals surface area contributed by atoms with Gasteiger partial charge < -0.3 is 15.8 Å². The van der Waals surface area contributed by atoms with Crippen LogP contribution < -0.4 is 21.1 Å². The smallest absolute Gasteiger partial charge is 0.324 e. The number of nitrogens with zero attached hydrogens (tertiary/aromatic N) is 5. The number of methoxy groups -OCH3 is 1. The number of carbonyl (C=O) groups excluding carboxylic acids is 1. The normalized spacial score (nSPS) is 10.7. The third-order valence-corrected chi connectivity index (χ3v) is 4.59. The molecule has 30 heavy (non-hydrogen) atoms. The maximum atomic E-state index is 12.3. The van der Waals surface area contributed by atoms with Crippen LogP contribution in [0.15, 0.2) is 49.2 Å². The largest absolute Gasteiger partial charge is 0.481 e. The summed E-state index contributed by atoms with van der Waals surface area (Å²) in [5, 5.41) is 9.66. The topological polar surface area (TPSA) is 132 Å². The Kier molecular flexibility index (Phi) is 5.12. The van der Waals surface area contributed by atoms with E-state index in [2.05, 4.69) is 37.6 Å². The van der Waals surface area contributed by atoms with Gasteiger partial charge in [-0.2, -0.15) is 5.10 Å². The third kappa shape index (κ3) is 3.70. The number of carbonyl (C=O) groups is 1. The lowest BCUT2D eigenvalue weighted by Crippen LogP contribution is -2.20. The Labute approximate surface area is 172 Å². The van der Waals surface area contributed by atoms with E-state index in [9.17, 15) is 4.79 Å². The summed E-state index contributed by atoms with van der Waals surface area (Å²) in [5.74, 6) is 1.11. The average Bonchev–Trinajstić information content (AvgIpc) is 3.14. The van der Waals surface area contributed by atoms with Gasteiger partial charge in [-0.3, -0.25) is 5.32 Å². The summed E-state index contributed by atoms with van der Waals surface area (Å²) in [6.45, 7) is 2.07. The highest BCUT2D eigenvalue weighted by Gasteiger charge is 2.15. The summed E-state index contributed by atoms with van der Waals surface area (Å²) < 4.78 is 6.76. The van der Waals surface area contributed by atoms with Gasteiger partial charge in [-0.15, -0.1) is 0 Å². The molecule has 2 amide bonds. The highest BCUT2D eigenvalue weighted by molar-refractivity contribution is 5.99. The fourth-order valence-corrected chi connectivity index (χ4v) is 3.19. The summed E-state index contributed by atoms with van der Waals surface area (Å²) in [4.78, 5) is 24.3. The number of benzene rings is 1. The zero-order valence-electron chi connectivity index (χ0n) is 16.5. The van der Waals surface area contributed by atoms with E-state index in [0.717, 1.165) is 28.6 Å². The molecule has 0 aliphatic heterocycles. The van der Waals surface area contributed by atoms with Gasteiger partial charge in [-0.25, -0.2) is 24.3 Å². The number of nitrogens with one attached hydrogen (secondary N) is 2. The molecule has 4 N–H and O–H groups in total. The second-order valence-corrected chi connectivity index (χ2v) is 6.42. The van der Waals surface area contributed by atoms with Gasteiger partial charge in [0.2, 0.25) is 5.88 Å². The van der Waals surface area contributed by atoms with Crippen LogP contribution in [-0.2, 0) is 6.42 Å². The standard InChI is InChI=1S/C20H20N8O2/c1-3-12-9-28-18(19(21)24-11-25-28)17(12)13-4-6-14(7-5-13)26-20(29)27-15-8-16(30-2)23-10-22-15/h4-11H,3H2,1-2H3,(H2,21,24,25)(H2,22,23,26,27,29). The number of ether oxygens (including phenoxy) is 1. The van der Waals surface area contributed by atoms with Crippen LogP contribution in [0.2, 0.25) is 0 Å². The summed E-state index contributed by atoms with van der Waals surface area (Å²) >= 11 is 0. The van der Waals surface area contributed by atoms with Gasteiger partial charge in [0.25, 0.3) is 0 Å². The van der Waals surface area contributed by atoms with Crippen LogP contribution in [-0.4, -0.2) is 37.7 Å². The first-order valence-electron chi connectivity index (χ1n) is 9.24. The summed E-state index contributed by atoms with van der Waals surface area (Å²) in [6.07, 6.45) is 5.53. The Morgan fingerprint density at radius 3 is 2.67 bits per heavy atom. The van der Waals surface area contributed by atoms with Gasteiger partial charge in [0.05, 0.1) is 7.11 Å². The Morgan fingerprint density at radius 2 is 1.93 bits per heavy atom. The van der Waals surface area contributed by atoms with Crippen LogP contribution in [0.25, 0.3) is 16.6 Å². The predicted octanol–water partition coefficient (Wildman–Crippen LogP) is 2.98. The van der Waals surface area contributed by atoms with Crippen molar-refractivity contribution in [2.45, 2.75) is 13.3 Å². The van der Waals surface area contributed by atoms with Crippen molar-refractivity contribution < 1.29 is 9.53 Å². The Hall–Kier alpha value is -4.21. The molecule has 1 aromatic carbocycles. The van der Waals surface area contributed by atoms with E-state index in [4.69, 9.17) is 10.5 Å². The van der Waals surface area contributed by atoms with Crippen molar-refractivity contribution in [1.29, 1.82) is 0 Å². The molecular formula is C20H20N8O2. The van der Waals surface area contributed by atoms with Crippen molar-refractivity contribution in [2.75, 3.05) is 23.5 Å². The van der Waals surface area contributed by atoms with Gasteiger partial charge in [0.15, 0.2) is 5.82 Å². The number of rotatable bonds is 5. The van der Waals surface area contributed by atoms with Crippen LogP contribution in [0.1, 0.15) is 12.5 Å². The Balaban J connectivity index is 1.55. The first-order chi connectivity index (χ1) is 14.6. The number of amides is 2. The molecule has 0 radical (unpaired) electrons. The molecule has 4 aromatic rings. The van der Waals surface area contributed by atoms with E-state index in [0.29, 0.717) is 23.2 Å². The van der Waals surface area contributed by atoms with Gasteiger partial charge in [0, 0.05) is 23.5 Å². The van der Waals surface area contributed by atoms with Crippen LogP contribution >= 0.6 is 0 Å². The lowest BCUT2D eigenvalue weighted by atomic mass is 10.0. The molecule has 10 nitrogen and oxygen atoms in total. The van der Waals surface area contributed by atoms with Crippen molar-refractivity contribution in [3.8, 4) is 17.0 Å². The highest BCUT2D eigenvalue weighted by Crippen LogP contribution is 2.33. The van der Waals surface area contributed by atoms with Crippen LogP contribution in [0.5, 0.6) is 5.88 Å². The molecule has 3 heterocycles. The maximum Gasteiger partial charge on any atom is 0.324 e. The third-order valence-electron chi connectivity index (χ3n) is 4.59. The molecule has 3 aromatic heterocycles. The zero-order chi connectivity index (χ0) is 21.1. The first kappa shape index (κ1) is 19.1. The summed E-state index contributed by atoms with van der Waals surface area (Å²) in [5.41, 5.74) is 10.5. The summed E-state index contributed by atoms with van der Waals surface area (Å²) in [6, 6.07) is 8.58. The number of nitrogens with two attached hydrogens (primary N) is 1. The van der Waals surface area contributed by atoms with Crippen molar-refractivity contribution >= 4 is 28.9 Å². The number of aryl methyl sites for hydroxylation is 1. The molecule has 0 aliphatic rings. The maximum absolute atomic E-state index is 12.3. The molecule has 0 saturated heterocycles. The van der Waals surface area contributed by atoms with Crippen molar-refractivity contribution in [3.63, 3.8) is 0 Å². The van der Waals surface area contributed by atoms with Crippen LogP contribution in [0, 0.1) is 0 Å². The highest BCUT2D eigenvalue weighted by atomic mass is 16.5. The van der Waals surface area contributed by atoms with E-state index in [1.807, 2.05) is 30.5 Å². The van der Waals surface area contributed by atoms with Gasteiger partial charge >= 0.3 is 6.03 Å². The number of aromatic nitrogens is 5. The predicted molar refractivity (Wildman–Crippen MR) is 113 cm³/mol. The molecule has 0 fully saturated rings. The number of anilines is 3. The molecule has 0 saturated carbocycles. The van der Waals surface area contributed by atoms with E-state index in [1.54, 1.807) is 4.52 Å². The lowest BCUT2D eigenvalue weighted by Gasteiger charge is -2.09. The molecule has 4 rings (SSSR count). The molecule has 0 unspecified atom stereocenters. The molecule has 0 aliphatic carbocycles. The van der Waals surface area contributed by atoms with Crippen LogP contribution in [0.3, 0.4) is 0 Å². The number of nitrogen functional groups attached to an aromatic ring is 1. The quantitative estimate of drug-likeness (QED) is 0.466. The van der Waals surface area contributed by atoms with Gasteiger partial charge in [0.1, 0.15) is 24.0 Å². The van der Waals surface area contributed by atoms with E-state index in [-0.39, 0.29) is 0 Å². The van der Waals surface area contributed by atoms with Crippen LogP contribution in [0.4, 0.5) is 22.1 Å². The van der Waals surface area contributed by atoms with Crippen molar-refractivity contribution in [2.24, 2.45) is 0 Å². The SMILES string of the molecule is CCc1cn2ncnc(N)c2c1-c1ccc(NC(=O)Nc2cc(OC)ncn2)cc1. The molecule has 152 valence electrons. The van der Waals surface area contributed by atoms with Crippen molar-refractivity contribution in [1.82, 2.24) is 24.6 Å². The number of hydrogen-bond acceptors (Lipinski definition) is 7. The fourth-order valence-electron chi connectivity index (χ4n) is 3.19. The Bertz CT molecular complexity index is 1200. The number of hydrogen-bond donors (Lipinski definition) is 3.